The first-order chi connectivity index (χ1) is 12.4. The minimum absolute atomic E-state index is 0.00230. The molecule has 26 heavy (non-hydrogen) atoms. The predicted molar refractivity (Wildman–Crippen MR) is 87.6 cm³/mol. The highest BCUT2D eigenvalue weighted by molar-refractivity contribution is 5.91. The van der Waals surface area contributed by atoms with Gasteiger partial charge in [-0.15, -0.1) is 0 Å². The van der Waals surface area contributed by atoms with E-state index in [0.717, 1.165) is 24.1 Å². The molecule has 1 aliphatic rings. The highest BCUT2D eigenvalue weighted by Gasteiger charge is 2.38. The quantitative estimate of drug-likeness (QED) is 0.837. The van der Waals surface area contributed by atoms with E-state index in [9.17, 15) is 18.0 Å². The average molecular weight is 366 g/mol. The number of piperidine rings is 1. The minimum Gasteiger partial charge on any atom is -0.337 e. The Hall–Kier alpha value is -2.71. The number of nitrogens with zero attached hydrogens (tertiary/aromatic N) is 4. The molecular formula is C17H17F3N4O2. The topological polar surface area (TPSA) is 71.6 Å². The Kier molecular flexibility index (Phi) is 5.06. The number of carbonyl (C=O) groups is 1. The Labute approximate surface area is 147 Å². The zero-order valence-corrected chi connectivity index (χ0v) is 14.1. The zero-order chi connectivity index (χ0) is 18.7. The summed E-state index contributed by atoms with van der Waals surface area (Å²) in [5.74, 6) is -1.53. The molecule has 0 unspecified atom stereocenters. The van der Waals surface area contributed by atoms with Gasteiger partial charge in [0.1, 0.15) is 0 Å². The average Bonchev–Trinajstić information content (AvgIpc) is 3.13. The van der Waals surface area contributed by atoms with Gasteiger partial charge in [-0.1, -0.05) is 29.4 Å². The first kappa shape index (κ1) is 18.1. The van der Waals surface area contributed by atoms with E-state index in [0.29, 0.717) is 18.7 Å². The minimum atomic E-state index is -4.67. The van der Waals surface area contributed by atoms with Gasteiger partial charge in [0, 0.05) is 24.9 Å². The lowest BCUT2D eigenvalue weighted by Gasteiger charge is -2.28. The summed E-state index contributed by atoms with van der Waals surface area (Å²) in [5.41, 5.74) is 2.16. The molecule has 0 atom stereocenters. The molecule has 9 heteroatoms. The fourth-order valence-corrected chi connectivity index (χ4v) is 2.76. The monoisotopic (exact) mass is 366 g/mol. The summed E-state index contributed by atoms with van der Waals surface area (Å²) in [6.45, 7) is 1.26. The van der Waals surface area contributed by atoms with Crippen molar-refractivity contribution in [1.82, 2.24) is 15.0 Å². The highest BCUT2D eigenvalue weighted by atomic mass is 19.4. The van der Waals surface area contributed by atoms with Crippen LogP contribution in [0, 0.1) is 0 Å². The van der Waals surface area contributed by atoms with Crippen molar-refractivity contribution >= 4 is 11.6 Å². The molecule has 1 fully saturated rings. The summed E-state index contributed by atoms with van der Waals surface area (Å²) in [6.07, 6.45) is -2.64. The van der Waals surface area contributed by atoms with E-state index >= 15 is 0 Å². The molecule has 0 N–H and O–H groups in total. The van der Waals surface area contributed by atoms with Crippen LogP contribution in [0.5, 0.6) is 0 Å². The number of aromatic nitrogens is 2. The van der Waals surface area contributed by atoms with Crippen molar-refractivity contribution in [2.24, 2.45) is 4.99 Å². The summed E-state index contributed by atoms with van der Waals surface area (Å²) >= 11 is 0. The van der Waals surface area contributed by atoms with Crippen LogP contribution in [-0.2, 0) is 17.4 Å². The predicted octanol–water partition coefficient (Wildman–Crippen LogP) is 2.99. The van der Waals surface area contributed by atoms with Gasteiger partial charge in [-0.05, 0) is 18.4 Å². The van der Waals surface area contributed by atoms with Gasteiger partial charge in [0.05, 0.1) is 13.0 Å². The van der Waals surface area contributed by atoms with Gasteiger partial charge in [-0.3, -0.25) is 9.79 Å². The maximum absolute atomic E-state index is 12.5. The van der Waals surface area contributed by atoms with Crippen molar-refractivity contribution in [2.75, 3.05) is 20.1 Å². The number of amides is 1. The highest BCUT2D eigenvalue weighted by Crippen LogP contribution is 2.29. The van der Waals surface area contributed by atoms with E-state index in [1.165, 1.54) is 0 Å². The van der Waals surface area contributed by atoms with Crippen LogP contribution in [0.25, 0.3) is 11.4 Å². The van der Waals surface area contributed by atoms with Crippen molar-refractivity contribution in [3.63, 3.8) is 0 Å². The lowest BCUT2D eigenvalue weighted by atomic mass is 10.1. The number of alkyl halides is 3. The molecule has 1 amide bonds. The second-order valence-electron chi connectivity index (χ2n) is 6.00. The Morgan fingerprint density at radius 1 is 1.31 bits per heavy atom. The first-order valence-corrected chi connectivity index (χ1v) is 8.09. The molecule has 0 spiro atoms. The molecule has 2 aromatic rings. The van der Waals surface area contributed by atoms with E-state index < -0.39 is 12.1 Å². The molecule has 1 aromatic carbocycles. The third-order valence-corrected chi connectivity index (χ3v) is 4.17. The number of rotatable bonds is 3. The van der Waals surface area contributed by atoms with Crippen LogP contribution >= 0.6 is 0 Å². The number of benzene rings is 1. The molecule has 0 aliphatic carbocycles. The van der Waals surface area contributed by atoms with Crippen molar-refractivity contribution < 1.29 is 22.5 Å². The van der Waals surface area contributed by atoms with Crippen LogP contribution in [0.4, 0.5) is 13.2 Å². The molecular weight excluding hydrogens is 349 g/mol. The van der Waals surface area contributed by atoms with Gasteiger partial charge in [0.2, 0.25) is 11.7 Å². The van der Waals surface area contributed by atoms with Crippen LogP contribution in [0.3, 0.4) is 0 Å². The number of likely N-dealkylation sites (tertiary alicyclic amines) is 1. The van der Waals surface area contributed by atoms with E-state index in [-0.39, 0.29) is 18.2 Å². The van der Waals surface area contributed by atoms with Crippen LogP contribution in [-0.4, -0.2) is 46.8 Å². The Bertz CT molecular complexity index is 812. The maximum Gasteiger partial charge on any atom is 0.471 e. The van der Waals surface area contributed by atoms with Gasteiger partial charge >= 0.3 is 12.1 Å². The third-order valence-electron chi connectivity index (χ3n) is 4.17. The number of aliphatic imine (C=N–C) groups is 1. The molecule has 3 rings (SSSR count). The standard InChI is InChI=1S/C17H17F3N4O2/c1-21-13-3-2-8-24(10-13)14(25)9-11-4-6-12(7-5-11)15-22-16(26-23-15)17(18,19)20/h4-7H,2-3,8-10H2,1H3. The largest absolute Gasteiger partial charge is 0.471 e. The molecule has 0 saturated carbocycles. The van der Waals surface area contributed by atoms with E-state index in [2.05, 4.69) is 19.7 Å². The fourth-order valence-electron chi connectivity index (χ4n) is 2.76. The lowest BCUT2D eigenvalue weighted by Crippen LogP contribution is -2.41. The fraction of sp³-hybridized carbons (Fsp3) is 0.412. The molecule has 138 valence electrons. The summed E-state index contributed by atoms with van der Waals surface area (Å²) < 4.78 is 41.7. The molecule has 2 heterocycles. The molecule has 0 bridgehead atoms. The van der Waals surface area contributed by atoms with Crippen molar-refractivity contribution in [3.8, 4) is 11.4 Å². The summed E-state index contributed by atoms with van der Waals surface area (Å²) in [4.78, 5) is 21.7. The van der Waals surface area contributed by atoms with E-state index in [4.69, 9.17) is 0 Å². The Morgan fingerprint density at radius 2 is 2.04 bits per heavy atom. The summed E-state index contributed by atoms with van der Waals surface area (Å²) in [7, 11) is 1.73. The number of carbonyl (C=O) groups excluding carboxylic acids is 1. The van der Waals surface area contributed by atoms with Crippen LogP contribution in [0.2, 0.25) is 0 Å². The van der Waals surface area contributed by atoms with Crippen LogP contribution in [0.1, 0.15) is 24.3 Å². The van der Waals surface area contributed by atoms with E-state index in [1.54, 1.807) is 36.2 Å². The third kappa shape index (κ3) is 4.09. The number of halogens is 3. The van der Waals surface area contributed by atoms with Crippen LogP contribution in [0.15, 0.2) is 33.8 Å². The van der Waals surface area contributed by atoms with Crippen molar-refractivity contribution in [3.05, 3.63) is 35.7 Å². The van der Waals surface area contributed by atoms with Crippen LogP contribution < -0.4 is 0 Å². The van der Waals surface area contributed by atoms with Gasteiger partial charge < -0.3 is 9.42 Å². The Morgan fingerprint density at radius 3 is 2.65 bits per heavy atom. The molecule has 6 nitrogen and oxygen atoms in total. The van der Waals surface area contributed by atoms with Crippen molar-refractivity contribution in [2.45, 2.75) is 25.4 Å². The molecule has 1 aromatic heterocycles. The lowest BCUT2D eigenvalue weighted by molar-refractivity contribution is -0.159. The Balaban J connectivity index is 1.66. The van der Waals surface area contributed by atoms with E-state index in [1.807, 2.05) is 0 Å². The van der Waals surface area contributed by atoms with Gasteiger partial charge in [-0.25, -0.2) is 0 Å². The van der Waals surface area contributed by atoms with Gasteiger partial charge in [0.15, 0.2) is 0 Å². The normalized spacial score (nSPS) is 16.9. The molecule has 1 saturated heterocycles. The first-order valence-electron chi connectivity index (χ1n) is 8.09. The summed E-state index contributed by atoms with van der Waals surface area (Å²) in [6, 6.07) is 6.50. The van der Waals surface area contributed by atoms with Gasteiger partial charge in [-0.2, -0.15) is 18.2 Å². The number of hydrogen-bond donors (Lipinski definition) is 0. The maximum atomic E-state index is 12.5. The summed E-state index contributed by atoms with van der Waals surface area (Å²) in [5, 5.41) is 3.34. The second-order valence-corrected chi connectivity index (χ2v) is 6.00. The SMILES string of the molecule is CN=C1CCCN(C(=O)Cc2ccc(-c3noc(C(F)(F)F)n3)cc2)C1. The zero-order valence-electron chi connectivity index (χ0n) is 14.1. The molecule has 1 aliphatic heterocycles. The molecule has 0 radical (unpaired) electrons. The van der Waals surface area contributed by atoms with Crippen molar-refractivity contribution in [1.29, 1.82) is 0 Å². The van der Waals surface area contributed by atoms with Gasteiger partial charge in [0.25, 0.3) is 0 Å². The smallest absolute Gasteiger partial charge is 0.337 e. The number of hydrogen-bond acceptors (Lipinski definition) is 5. The second kappa shape index (κ2) is 7.27.